The molecule has 0 saturated heterocycles. The third kappa shape index (κ3) is 3.27. The number of hydrogen-bond acceptors (Lipinski definition) is 3. The Labute approximate surface area is 139 Å². The van der Waals surface area contributed by atoms with Crippen LogP contribution in [0.25, 0.3) is 16.8 Å². The van der Waals surface area contributed by atoms with Gasteiger partial charge in [0, 0.05) is 16.8 Å². The number of ether oxygens (including phenoxy) is 1. The van der Waals surface area contributed by atoms with Gasteiger partial charge in [0.25, 0.3) is 0 Å². The Kier molecular flexibility index (Phi) is 4.44. The first-order valence-corrected chi connectivity index (χ1v) is 7.65. The molecule has 1 aromatic heterocycles. The maximum Gasteiger partial charge on any atom is 0.359 e. The summed E-state index contributed by atoms with van der Waals surface area (Å²) >= 11 is 5.92. The summed E-state index contributed by atoms with van der Waals surface area (Å²) in [5.41, 5.74) is 2.77. The fourth-order valence-corrected chi connectivity index (χ4v) is 2.41. The van der Waals surface area contributed by atoms with Crippen LogP contribution in [0, 0.1) is 0 Å². The molecule has 0 unspecified atom stereocenters. The van der Waals surface area contributed by atoms with Crippen LogP contribution in [0.5, 0.6) is 0 Å². The van der Waals surface area contributed by atoms with Crippen LogP contribution in [0.15, 0.2) is 60.8 Å². The minimum Gasteiger partial charge on any atom is -0.461 e. The van der Waals surface area contributed by atoms with Gasteiger partial charge in [0.05, 0.1) is 12.3 Å². The minimum absolute atomic E-state index is 0.299. The lowest BCUT2D eigenvalue weighted by Gasteiger charge is -2.01. The molecule has 0 aliphatic rings. The topological polar surface area (TPSA) is 44.1 Å². The Morgan fingerprint density at radius 2 is 1.83 bits per heavy atom. The smallest absolute Gasteiger partial charge is 0.359 e. The van der Waals surface area contributed by atoms with E-state index < -0.39 is 5.97 Å². The van der Waals surface area contributed by atoms with Crippen molar-refractivity contribution in [2.75, 3.05) is 6.61 Å². The Morgan fingerprint density at radius 1 is 1.13 bits per heavy atom. The lowest BCUT2D eigenvalue weighted by Crippen LogP contribution is -2.07. The molecule has 0 bridgehead atoms. The van der Waals surface area contributed by atoms with Crippen LogP contribution < -0.4 is 0 Å². The molecule has 0 fully saturated rings. The Bertz CT molecular complexity index is 811. The molecular formula is C18H15ClN2O2. The van der Waals surface area contributed by atoms with Gasteiger partial charge in [-0.15, -0.1) is 0 Å². The zero-order chi connectivity index (χ0) is 16.2. The van der Waals surface area contributed by atoms with Crippen LogP contribution in [0.1, 0.15) is 17.4 Å². The van der Waals surface area contributed by atoms with Crippen LogP contribution in [0.2, 0.25) is 5.02 Å². The maximum absolute atomic E-state index is 12.2. The van der Waals surface area contributed by atoms with Crippen LogP contribution >= 0.6 is 11.6 Å². The van der Waals surface area contributed by atoms with E-state index in [-0.39, 0.29) is 0 Å². The van der Waals surface area contributed by atoms with Crippen molar-refractivity contribution in [3.05, 3.63) is 71.5 Å². The standard InChI is InChI=1S/C18H15ClN2O2/c1-2-23-18(22)17-16(13-6-4-3-5-7-13)12-21(20-17)15-10-8-14(19)9-11-15/h3-12H,2H2,1H3. The van der Waals surface area contributed by atoms with E-state index in [1.165, 1.54) is 0 Å². The van der Waals surface area contributed by atoms with E-state index in [9.17, 15) is 4.79 Å². The second-order valence-electron chi connectivity index (χ2n) is 4.90. The molecule has 4 nitrogen and oxygen atoms in total. The molecule has 0 atom stereocenters. The Hall–Kier alpha value is -2.59. The highest BCUT2D eigenvalue weighted by atomic mass is 35.5. The molecule has 1 heterocycles. The predicted octanol–water partition coefficient (Wildman–Crippen LogP) is 4.37. The molecule has 0 N–H and O–H groups in total. The summed E-state index contributed by atoms with van der Waals surface area (Å²) in [6.45, 7) is 2.08. The van der Waals surface area contributed by atoms with E-state index in [0.29, 0.717) is 17.3 Å². The lowest BCUT2D eigenvalue weighted by atomic mass is 10.1. The molecule has 116 valence electrons. The van der Waals surface area contributed by atoms with Crippen molar-refractivity contribution < 1.29 is 9.53 Å². The number of carbonyl (C=O) groups excluding carboxylic acids is 1. The van der Waals surface area contributed by atoms with Gasteiger partial charge in [-0.3, -0.25) is 0 Å². The zero-order valence-corrected chi connectivity index (χ0v) is 13.3. The monoisotopic (exact) mass is 326 g/mol. The van der Waals surface area contributed by atoms with Gasteiger partial charge < -0.3 is 4.74 Å². The molecular weight excluding hydrogens is 312 g/mol. The van der Waals surface area contributed by atoms with E-state index >= 15 is 0 Å². The van der Waals surface area contributed by atoms with Crippen molar-refractivity contribution >= 4 is 17.6 Å². The molecule has 3 aromatic rings. The predicted molar refractivity (Wildman–Crippen MR) is 90.0 cm³/mol. The van der Waals surface area contributed by atoms with Crippen molar-refractivity contribution in [3.63, 3.8) is 0 Å². The van der Waals surface area contributed by atoms with Crippen molar-refractivity contribution in [2.24, 2.45) is 0 Å². The quantitative estimate of drug-likeness (QED) is 0.669. The molecule has 3 rings (SSSR count). The van der Waals surface area contributed by atoms with Gasteiger partial charge >= 0.3 is 5.97 Å². The summed E-state index contributed by atoms with van der Waals surface area (Å²) in [5.74, 6) is -0.431. The average Bonchev–Trinajstić information content (AvgIpc) is 3.02. The minimum atomic E-state index is -0.431. The number of esters is 1. The first-order chi connectivity index (χ1) is 11.2. The van der Waals surface area contributed by atoms with Gasteiger partial charge in [0.2, 0.25) is 0 Å². The van der Waals surface area contributed by atoms with E-state index in [2.05, 4.69) is 5.10 Å². The van der Waals surface area contributed by atoms with Gasteiger partial charge in [-0.2, -0.15) is 5.10 Å². The van der Waals surface area contributed by atoms with Gasteiger partial charge in [-0.05, 0) is 36.8 Å². The van der Waals surface area contributed by atoms with Gasteiger partial charge in [0.1, 0.15) is 0 Å². The fourth-order valence-electron chi connectivity index (χ4n) is 2.28. The summed E-state index contributed by atoms with van der Waals surface area (Å²) in [6, 6.07) is 16.9. The third-order valence-corrected chi connectivity index (χ3v) is 3.61. The van der Waals surface area contributed by atoms with E-state index in [0.717, 1.165) is 16.8 Å². The molecule has 0 spiro atoms. The second kappa shape index (κ2) is 6.67. The van der Waals surface area contributed by atoms with Crippen LogP contribution in [0.3, 0.4) is 0 Å². The maximum atomic E-state index is 12.2. The van der Waals surface area contributed by atoms with Crippen molar-refractivity contribution in [1.82, 2.24) is 9.78 Å². The lowest BCUT2D eigenvalue weighted by molar-refractivity contribution is 0.0520. The molecule has 0 aliphatic carbocycles. The first-order valence-electron chi connectivity index (χ1n) is 7.27. The number of aromatic nitrogens is 2. The number of hydrogen-bond donors (Lipinski definition) is 0. The van der Waals surface area contributed by atoms with Crippen molar-refractivity contribution in [2.45, 2.75) is 6.92 Å². The zero-order valence-electron chi connectivity index (χ0n) is 12.6. The largest absolute Gasteiger partial charge is 0.461 e. The highest BCUT2D eigenvalue weighted by molar-refractivity contribution is 6.30. The third-order valence-electron chi connectivity index (χ3n) is 3.36. The van der Waals surface area contributed by atoms with Crippen molar-refractivity contribution in [1.29, 1.82) is 0 Å². The van der Waals surface area contributed by atoms with Crippen molar-refractivity contribution in [3.8, 4) is 16.8 Å². The summed E-state index contributed by atoms with van der Waals surface area (Å²) in [6.07, 6.45) is 1.82. The van der Waals surface area contributed by atoms with E-state index in [1.54, 1.807) is 23.7 Å². The SMILES string of the molecule is CCOC(=O)c1nn(-c2ccc(Cl)cc2)cc1-c1ccccc1. The average molecular weight is 327 g/mol. The Morgan fingerprint density at radius 3 is 2.48 bits per heavy atom. The fraction of sp³-hybridized carbons (Fsp3) is 0.111. The highest BCUT2D eigenvalue weighted by Crippen LogP contribution is 2.25. The molecule has 0 aliphatic heterocycles. The molecule has 23 heavy (non-hydrogen) atoms. The normalized spacial score (nSPS) is 10.5. The summed E-state index contributed by atoms with van der Waals surface area (Å²) in [5, 5.41) is 5.05. The number of benzene rings is 2. The summed E-state index contributed by atoms with van der Waals surface area (Å²) in [7, 11) is 0. The molecule has 0 radical (unpaired) electrons. The summed E-state index contributed by atoms with van der Waals surface area (Å²) in [4.78, 5) is 12.2. The van der Waals surface area contributed by atoms with Gasteiger partial charge in [-0.25, -0.2) is 9.48 Å². The van der Waals surface area contributed by atoms with Gasteiger partial charge in [-0.1, -0.05) is 41.9 Å². The number of halogens is 1. The second-order valence-corrected chi connectivity index (χ2v) is 5.34. The molecule has 2 aromatic carbocycles. The summed E-state index contributed by atoms with van der Waals surface area (Å²) < 4.78 is 6.78. The number of rotatable bonds is 4. The molecule has 5 heteroatoms. The highest BCUT2D eigenvalue weighted by Gasteiger charge is 2.19. The molecule has 0 amide bonds. The van der Waals surface area contributed by atoms with E-state index in [1.807, 2.05) is 48.7 Å². The van der Waals surface area contributed by atoms with Crippen LogP contribution in [-0.2, 0) is 4.74 Å². The molecule has 0 saturated carbocycles. The van der Waals surface area contributed by atoms with Crippen LogP contribution in [0.4, 0.5) is 0 Å². The number of nitrogens with zero attached hydrogens (tertiary/aromatic N) is 2. The number of carbonyl (C=O) groups is 1. The van der Waals surface area contributed by atoms with E-state index in [4.69, 9.17) is 16.3 Å². The van der Waals surface area contributed by atoms with Crippen LogP contribution in [-0.4, -0.2) is 22.4 Å². The van der Waals surface area contributed by atoms with Gasteiger partial charge in [0.15, 0.2) is 5.69 Å². The Balaban J connectivity index is 2.10. The first kappa shape index (κ1) is 15.3.